The molecule has 3 aromatic heterocycles. The molecular formula is C19H22N6O2S. The van der Waals surface area contributed by atoms with Crippen LogP contribution in [-0.2, 0) is 32.6 Å². The molecule has 146 valence electrons. The van der Waals surface area contributed by atoms with Crippen molar-refractivity contribution < 1.29 is 9.90 Å². The smallest absolute Gasteiger partial charge is 0.253 e. The Morgan fingerprint density at radius 2 is 2.21 bits per heavy atom. The second kappa shape index (κ2) is 8.07. The van der Waals surface area contributed by atoms with E-state index in [4.69, 9.17) is 5.11 Å². The fraction of sp³-hybridized carbons (Fsp3) is 0.368. The van der Waals surface area contributed by atoms with Gasteiger partial charge in [-0.2, -0.15) is 5.10 Å². The maximum Gasteiger partial charge on any atom is 0.253 e. The third-order valence-corrected chi connectivity index (χ3v) is 5.64. The lowest BCUT2D eigenvalue weighted by molar-refractivity contribution is 0.0950. The van der Waals surface area contributed by atoms with E-state index in [1.807, 2.05) is 22.3 Å². The van der Waals surface area contributed by atoms with Crippen molar-refractivity contribution in [2.45, 2.75) is 39.5 Å². The third kappa shape index (κ3) is 3.76. The first-order chi connectivity index (χ1) is 13.7. The Bertz CT molecular complexity index is 965. The minimum absolute atomic E-state index is 0.0664. The fourth-order valence-corrected chi connectivity index (χ4v) is 4.03. The Labute approximate surface area is 166 Å². The molecule has 0 unspecified atom stereocenters. The molecule has 0 fully saturated rings. The Balaban J connectivity index is 1.36. The molecule has 0 spiro atoms. The fourth-order valence-electron chi connectivity index (χ4n) is 3.21. The van der Waals surface area contributed by atoms with Crippen LogP contribution >= 0.6 is 11.3 Å². The Hall–Kier alpha value is -2.78. The summed E-state index contributed by atoms with van der Waals surface area (Å²) in [5.74, 6) is 0.659. The number of aliphatic hydroxyl groups excluding tert-OH is 1. The number of anilines is 1. The van der Waals surface area contributed by atoms with Crippen molar-refractivity contribution in [3.05, 3.63) is 57.4 Å². The molecule has 2 N–H and O–H groups in total. The van der Waals surface area contributed by atoms with Gasteiger partial charge in [-0.3, -0.25) is 9.48 Å². The van der Waals surface area contributed by atoms with Crippen LogP contribution in [0.15, 0.2) is 29.9 Å². The van der Waals surface area contributed by atoms with Gasteiger partial charge in [0, 0.05) is 23.7 Å². The van der Waals surface area contributed by atoms with Gasteiger partial charge >= 0.3 is 0 Å². The number of carbonyl (C=O) groups is 1. The highest BCUT2D eigenvalue weighted by Crippen LogP contribution is 2.26. The summed E-state index contributed by atoms with van der Waals surface area (Å²) in [7, 11) is 0. The van der Waals surface area contributed by atoms with Crippen LogP contribution in [-0.4, -0.2) is 37.4 Å². The number of carbonyl (C=O) groups excluding carboxylic acids is 1. The summed E-state index contributed by atoms with van der Waals surface area (Å²) in [5, 5.41) is 19.3. The number of thiazole rings is 1. The topological polar surface area (TPSA) is 96.2 Å². The summed E-state index contributed by atoms with van der Waals surface area (Å²) in [6.45, 7) is 4.46. The molecule has 0 saturated carbocycles. The first kappa shape index (κ1) is 18.6. The minimum atomic E-state index is -0.157. The molecule has 0 bridgehead atoms. The Morgan fingerprint density at radius 3 is 2.93 bits per heavy atom. The summed E-state index contributed by atoms with van der Waals surface area (Å²) >= 11 is 1.56. The van der Waals surface area contributed by atoms with E-state index in [1.165, 1.54) is 0 Å². The molecule has 4 heterocycles. The lowest BCUT2D eigenvalue weighted by Gasteiger charge is -2.17. The van der Waals surface area contributed by atoms with E-state index in [0.29, 0.717) is 25.2 Å². The first-order valence-corrected chi connectivity index (χ1v) is 10.1. The van der Waals surface area contributed by atoms with Crippen molar-refractivity contribution in [3.8, 4) is 0 Å². The number of amides is 1. The van der Waals surface area contributed by atoms with Crippen LogP contribution in [0.4, 0.5) is 5.82 Å². The number of fused-ring (bicyclic) bond motifs is 1. The van der Waals surface area contributed by atoms with Crippen molar-refractivity contribution in [1.82, 2.24) is 25.1 Å². The second-order valence-electron chi connectivity index (χ2n) is 6.59. The number of aromatic nitrogens is 4. The van der Waals surface area contributed by atoms with E-state index in [1.54, 1.807) is 23.6 Å². The van der Waals surface area contributed by atoms with Gasteiger partial charge in [-0.1, -0.05) is 6.92 Å². The van der Waals surface area contributed by atoms with E-state index in [2.05, 4.69) is 32.2 Å². The number of aryl methyl sites for hydroxylation is 1. The molecule has 1 amide bonds. The van der Waals surface area contributed by atoms with E-state index in [9.17, 15) is 4.79 Å². The first-order valence-electron chi connectivity index (χ1n) is 9.24. The van der Waals surface area contributed by atoms with Gasteiger partial charge in [0.15, 0.2) is 0 Å². The standard InChI is InChI=1S/C19H22N6O2S/c1-2-15-12-28-18(23-15)9-21-19(27)13-3-4-17(20-7-13)24-10-14-8-22-25(5-6-26)16(14)11-24/h3-4,7-8,12,26H,2,5-6,9-11H2,1H3,(H,21,27). The third-order valence-electron chi connectivity index (χ3n) is 4.74. The van der Waals surface area contributed by atoms with Gasteiger partial charge < -0.3 is 15.3 Å². The van der Waals surface area contributed by atoms with Gasteiger partial charge in [0.25, 0.3) is 5.91 Å². The van der Waals surface area contributed by atoms with Crippen LogP contribution < -0.4 is 10.2 Å². The van der Waals surface area contributed by atoms with Crippen molar-refractivity contribution in [3.63, 3.8) is 0 Å². The van der Waals surface area contributed by atoms with E-state index >= 15 is 0 Å². The number of rotatable bonds is 7. The normalized spacial score (nSPS) is 13.0. The van der Waals surface area contributed by atoms with Crippen molar-refractivity contribution in [1.29, 1.82) is 0 Å². The highest BCUT2D eigenvalue weighted by molar-refractivity contribution is 7.09. The summed E-state index contributed by atoms with van der Waals surface area (Å²) < 4.78 is 1.83. The van der Waals surface area contributed by atoms with Crippen molar-refractivity contribution in [2.24, 2.45) is 0 Å². The maximum absolute atomic E-state index is 12.4. The van der Waals surface area contributed by atoms with Gasteiger partial charge in [-0.05, 0) is 18.6 Å². The molecule has 28 heavy (non-hydrogen) atoms. The quantitative estimate of drug-likeness (QED) is 0.629. The predicted octanol–water partition coefficient (Wildman–Crippen LogP) is 1.74. The molecule has 9 heteroatoms. The van der Waals surface area contributed by atoms with Gasteiger partial charge in [0.2, 0.25) is 0 Å². The summed E-state index contributed by atoms with van der Waals surface area (Å²) in [6.07, 6.45) is 4.34. The van der Waals surface area contributed by atoms with Crippen LogP contribution in [0.3, 0.4) is 0 Å². The largest absolute Gasteiger partial charge is 0.394 e. The summed E-state index contributed by atoms with van der Waals surface area (Å²) in [5.41, 5.74) is 3.83. The molecule has 3 aromatic rings. The van der Waals surface area contributed by atoms with Gasteiger partial charge in [0.1, 0.15) is 10.8 Å². The lowest BCUT2D eigenvalue weighted by Crippen LogP contribution is -2.23. The number of hydrogen-bond donors (Lipinski definition) is 2. The van der Waals surface area contributed by atoms with Crippen LogP contribution in [0.2, 0.25) is 0 Å². The molecule has 4 rings (SSSR count). The zero-order valence-electron chi connectivity index (χ0n) is 15.6. The molecule has 0 radical (unpaired) electrons. The highest BCUT2D eigenvalue weighted by atomic mass is 32.1. The lowest BCUT2D eigenvalue weighted by atomic mass is 10.2. The zero-order valence-corrected chi connectivity index (χ0v) is 16.4. The molecule has 8 nitrogen and oxygen atoms in total. The molecule has 0 aromatic carbocycles. The van der Waals surface area contributed by atoms with Crippen LogP contribution in [0.5, 0.6) is 0 Å². The van der Waals surface area contributed by atoms with Crippen molar-refractivity contribution >= 4 is 23.1 Å². The number of nitrogens with zero attached hydrogens (tertiary/aromatic N) is 5. The van der Waals surface area contributed by atoms with Crippen molar-refractivity contribution in [2.75, 3.05) is 11.5 Å². The highest BCUT2D eigenvalue weighted by Gasteiger charge is 2.24. The average Bonchev–Trinajstić information content (AvgIpc) is 3.43. The minimum Gasteiger partial charge on any atom is -0.394 e. The second-order valence-corrected chi connectivity index (χ2v) is 7.54. The van der Waals surface area contributed by atoms with Crippen LogP contribution in [0.1, 0.15) is 39.2 Å². The molecule has 0 aliphatic carbocycles. The van der Waals surface area contributed by atoms with Gasteiger partial charge in [0.05, 0.1) is 49.4 Å². The number of nitrogens with one attached hydrogen (secondary N) is 1. The Morgan fingerprint density at radius 1 is 1.32 bits per heavy atom. The molecule has 0 atom stereocenters. The molecular weight excluding hydrogens is 376 g/mol. The van der Waals surface area contributed by atoms with E-state index in [0.717, 1.165) is 40.7 Å². The predicted molar refractivity (Wildman–Crippen MR) is 106 cm³/mol. The molecule has 1 aliphatic rings. The number of aliphatic hydroxyl groups is 1. The van der Waals surface area contributed by atoms with E-state index in [-0.39, 0.29) is 12.5 Å². The van der Waals surface area contributed by atoms with Crippen LogP contribution in [0.25, 0.3) is 0 Å². The van der Waals surface area contributed by atoms with Crippen LogP contribution in [0, 0.1) is 0 Å². The SMILES string of the molecule is CCc1csc(CNC(=O)c2ccc(N3Cc4cnn(CCO)c4C3)nc2)n1. The van der Waals surface area contributed by atoms with Gasteiger partial charge in [-0.25, -0.2) is 9.97 Å². The Kier molecular flexibility index (Phi) is 5.36. The molecule has 0 saturated heterocycles. The summed E-state index contributed by atoms with van der Waals surface area (Å²) in [4.78, 5) is 23.4. The molecule has 1 aliphatic heterocycles. The zero-order chi connectivity index (χ0) is 19.5. The summed E-state index contributed by atoms with van der Waals surface area (Å²) in [6, 6.07) is 3.66. The average molecular weight is 398 g/mol. The number of hydrogen-bond acceptors (Lipinski definition) is 7. The van der Waals surface area contributed by atoms with E-state index < -0.39 is 0 Å². The monoisotopic (exact) mass is 398 g/mol. The maximum atomic E-state index is 12.4. The number of pyridine rings is 1. The van der Waals surface area contributed by atoms with Gasteiger partial charge in [-0.15, -0.1) is 11.3 Å².